The van der Waals surface area contributed by atoms with Gasteiger partial charge in [-0.3, -0.25) is 4.79 Å². The van der Waals surface area contributed by atoms with Gasteiger partial charge in [-0.1, -0.05) is 36.4 Å². The van der Waals surface area contributed by atoms with Crippen molar-refractivity contribution < 1.29 is 13.2 Å². The first kappa shape index (κ1) is 17.0. The molecule has 0 radical (unpaired) electrons. The van der Waals surface area contributed by atoms with Crippen LogP contribution >= 0.6 is 0 Å². The Morgan fingerprint density at radius 2 is 1.77 bits per heavy atom. The monoisotopic (exact) mass is 368 g/mol. The van der Waals surface area contributed by atoms with Gasteiger partial charge in [-0.05, 0) is 47.7 Å². The Kier molecular flexibility index (Phi) is 4.38. The van der Waals surface area contributed by atoms with Crippen LogP contribution in [0, 0.1) is 0 Å². The first-order chi connectivity index (χ1) is 12.5. The van der Waals surface area contributed by atoms with Crippen molar-refractivity contribution >= 4 is 27.2 Å². The molecular formula is C20H20N2O3S. The van der Waals surface area contributed by atoms with E-state index in [0.29, 0.717) is 42.9 Å². The molecule has 0 unspecified atom stereocenters. The molecule has 134 valence electrons. The lowest BCUT2D eigenvalue weighted by Gasteiger charge is -2.26. The van der Waals surface area contributed by atoms with Crippen molar-refractivity contribution in [2.45, 2.75) is 24.2 Å². The third-order valence-corrected chi connectivity index (χ3v) is 6.79. The molecular weight excluding hydrogens is 348 g/mol. The van der Waals surface area contributed by atoms with E-state index < -0.39 is 10.0 Å². The van der Waals surface area contributed by atoms with Gasteiger partial charge in [0.1, 0.15) is 0 Å². The standard InChI is InChI=1S/C20H20N2O3S/c23-20-9-6-17-14-18(7-8-19(17)21-20)26(24,25)22-12-10-16(11-13-22)15-4-2-1-3-5-15/h1-5,7-8,10,14H,6,9,11-13H2,(H,21,23). The van der Waals surface area contributed by atoms with E-state index in [9.17, 15) is 13.2 Å². The van der Waals surface area contributed by atoms with Crippen LogP contribution in [0.5, 0.6) is 0 Å². The van der Waals surface area contributed by atoms with Gasteiger partial charge in [0.15, 0.2) is 0 Å². The van der Waals surface area contributed by atoms with Gasteiger partial charge in [0.05, 0.1) is 4.90 Å². The molecule has 2 aromatic carbocycles. The maximum Gasteiger partial charge on any atom is 0.243 e. The quantitative estimate of drug-likeness (QED) is 0.905. The zero-order valence-electron chi connectivity index (χ0n) is 14.3. The lowest BCUT2D eigenvalue weighted by molar-refractivity contribution is -0.116. The van der Waals surface area contributed by atoms with Crippen molar-refractivity contribution in [2.75, 3.05) is 18.4 Å². The number of sulfonamides is 1. The summed E-state index contributed by atoms with van der Waals surface area (Å²) in [4.78, 5) is 11.8. The molecule has 0 aromatic heterocycles. The van der Waals surface area contributed by atoms with Crippen molar-refractivity contribution in [1.82, 2.24) is 4.31 Å². The van der Waals surface area contributed by atoms with Crippen molar-refractivity contribution in [3.8, 4) is 0 Å². The van der Waals surface area contributed by atoms with Crippen LogP contribution in [0.4, 0.5) is 5.69 Å². The van der Waals surface area contributed by atoms with Gasteiger partial charge in [-0.15, -0.1) is 0 Å². The Morgan fingerprint density at radius 3 is 2.50 bits per heavy atom. The molecule has 5 nitrogen and oxygen atoms in total. The number of carbonyl (C=O) groups excluding carboxylic acids is 1. The number of nitrogens with zero attached hydrogens (tertiary/aromatic N) is 1. The third-order valence-electron chi connectivity index (χ3n) is 4.93. The molecule has 2 aromatic rings. The van der Waals surface area contributed by atoms with E-state index in [1.54, 1.807) is 18.2 Å². The molecule has 6 heteroatoms. The molecule has 26 heavy (non-hydrogen) atoms. The fraction of sp³-hybridized carbons (Fsp3) is 0.250. The summed E-state index contributed by atoms with van der Waals surface area (Å²) >= 11 is 0. The second-order valence-electron chi connectivity index (χ2n) is 6.58. The average Bonchev–Trinajstić information content (AvgIpc) is 2.68. The second kappa shape index (κ2) is 6.70. The molecule has 0 saturated heterocycles. The van der Waals surface area contributed by atoms with Gasteiger partial charge in [0, 0.05) is 25.2 Å². The molecule has 0 spiro atoms. The lowest BCUT2D eigenvalue weighted by atomic mass is 10.0. The van der Waals surface area contributed by atoms with Gasteiger partial charge >= 0.3 is 0 Å². The van der Waals surface area contributed by atoms with Gasteiger partial charge in [-0.25, -0.2) is 8.42 Å². The summed E-state index contributed by atoms with van der Waals surface area (Å²) < 4.78 is 27.5. The molecule has 0 aliphatic carbocycles. The number of benzene rings is 2. The van der Waals surface area contributed by atoms with Crippen LogP contribution in [-0.4, -0.2) is 31.7 Å². The molecule has 0 atom stereocenters. The lowest BCUT2D eigenvalue weighted by Crippen LogP contribution is -2.34. The van der Waals surface area contributed by atoms with Crippen LogP contribution in [0.15, 0.2) is 59.5 Å². The maximum atomic E-state index is 13.0. The SMILES string of the molecule is O=C1CCc2cc(S(=O)(=O)N3CC=C(c4ccccc4)CC3)ccc2N1. The van der Waals surface area contributed by atoms with E-state index in [0.717, 1.165) is 11.1 Å². The molecule has 2 heterocycles. The molecule has 1 N–H and O–H groups in total. The van der Waals surface area contributed by atoms with E-state index in [1.807, 2.05) is 36.4 Å². The van der Waals surface area contributed by atoms with Crippen molar-refractivity contribution in [3.63, 3.8) is 0 Å². The molecule has 0 saturated carbocycles. The van der Waals surface area contributed by atoms with E-state index >= 15 is 0 Å². The number of aryl methyl sites for hydroxylation is 1. The molecule has 0 bridgehead atoms. The summed E-state index contributed by atoms with van der Waals surface area (Å²) in [5, 5.41) is 2.79. The number of nitrogens with one attached hydrogen (secondary N) is 1. The largest absolute Gasteiger partial charge is 0.326 e. The van der Waals surface area contributed by atoms with Crippen molar-refractivity contribution in [1.29, 1.82) is 0 Å². The predicted octanol–water partition coefficient (Wildman–Crippen LogP) is 3.05. The first-order valence-electron chi connectivity index (χ1n) is 8.71. The number of hydrogen-bond donors (Lipinski definition) is 1. The Bertz CT molecular complexity index is 981. The van der Waals surface area contributed by atoms with Crippen LogP contribution in [0.3, 0.4) is 0 Å². The summed E-state index contributed by atoms with van der Waals surface area (Å²) in [5.74, 6) is -0.0253. The van der Waals surface area contributed by atoms with Gasteiger partial charge in [0.2, 0.25) is 15.9 Å². The first-order valence-corrected chi connectivity index (χ1v) is 10.2. The summed E-state index contributed by atoms with van der Waals surface area (Å²) in [6, 6.07) is 15.0. The minimum atomic E-state index is -3.54. The average molecular weight is 368 g/mol. The summed E-state index contributed by atoms with van der Waals surface area (Å²) in [6.07, 6.45) is 3.66. The molecule has 0 fully saturated rings. The fourth-order valence-corrected chi connectivity index (χ4v) is 4.88. The Labute approximate surface area is 153 Å². The van der Waals surface area contributed by atoms with E-state index in [-0.39, 0.29) is 5.91 Å². The topological polar surface area (TPSA) is 66.5 Å². The second-order valence-corrected chi connectivity index (χ2v) is 8.51. The Balaban J connectivity index is 1.56. The normalized spacial score (nSPS) is 18.0. The molecule has 1 amide bonds. The number of amides is 1. The van der Waals surface area contributed by atoms with Crippen LogP contribution < -0.4 is 5.32 Å². The van der Waals surface area contributed by atoms with Gasteiger partial charge in [0.25, 0.3) is 0 Å². The van der Waals surface area contributed by atoms with Crippen LogP contribution in [0.2, 0.25) is 0 Å². The third kappa shape index (κ3) is 3.18. The van der Waals surface area contributed by atoms with E-state index in [4.69, 9.17) is 0 Å². The van der Waals surface area contributed by atoms with E-state index in [1.165, 1.54) is 9.88 Å². The van der Waals surface area contributed by atoms with Crippen LogP contribution in [-0.2, 0) is 21.2 Å². The fourth-order valence-electron chi connectivity index (χ4n) is 3.45. The highest BCUT2D eigenvalue weighted by molar-refractivity contribution is 7.89. The van der Waals surface area contributed by atoms with Crippen molar-refractivity contribution in [3.05, 3.63) is 65.7 Å². The molecule has 2 aliphatic rings. The minimum Gasteiger partial charge on any atom is -0.326 e. The predicted molar refractivity (Wildman–Crippen MR) is 101 cm³/mol. The number of rotatable bonds is 3. The number of anilines is 1. The summed E-state index contributed by atoms with van der Waals surface area (Å²) in [6.45, 7) is 0.845. The highest BCUT2D eigenvalue weighted by atomic mass is 32.2. The zero-order valence-corrected chi connectivity index (χ0v) is 15.1. The van der Waals surface area contributed by atoms with Crippen molar-refractivity contribution in [2.24, 2.45) is 0 Å². The zero-order chi connectivity index (χ0) is 18.1. The number of hydrogen-bond acceptors (Lipinski definition) is 3. The Morgan fingerprint density at radius 1 is 0.962 bits per heavy atom. The van der Waals surface area contributed by atoms with E-state index in [2.05, 4.69) is 5.32 Å². The van der Waals surface area contributed by atoms with Crippen LogP contribution in [0.1, 0.15) is 24.0 Å². The summed E-state index contributed by atoms with van der Waals surface area (Å²) in [5.41, 5.74) is 3.92. The minimum absolute atomic E-state index is 0.0253. The number of carbonyl (C=O) groups is 1. The molecule has 4 rings (SSSR count). The van der Waals surface area contributed by atoms with Gasteiger partial charge < -0.3 is 5.32 Å². The summed E-state index contributed by atoms with van der Waals surface area (Å²) in [7, 11) is -3.54. The Hall–Kier alpha value is -2.44. The van der Waals surface area contributed by atoms with Crippen LogP contribution in [0.25, 0.3) is 5.57 Å². The highest BCUT2D eigenvalue weighted by Crippen LogP contribution is 2.29. The number of fused-ring (bicyclic) bond motifs is 1. The van der Waals surface area contributed by atoms with Gasteiger partial charge in [-0.2, -0.15) is 4.31 Å². The highest BCUT2D eigenvalue weighted by Gasteiger charge is 2.27. The molecule has 2 aliphatic heterocycles. The smallest absolute Gasteiger partial charge is 0.243 e. The maximum absolute atomic E-state index is 13.0.